The fourth-order valence-corrected chi connectivity index (χ4v) is 4.56. The van der Waals surface area contributed by atoms with E-state index in [4.69, 9.17) is 9.47 Å². The lowest BCUT2D eigenvalue weighted by molar-refractivity contribution is -0.275. The highest BCUT2D eigenvalue weighted by Crippen LogP contribution is 2.37. The van der Waals surface area contributed by atoms with Crippen molar-refractivity contribution >= 4 is 10.0 Å². The zero-order chi connectivity index (χ0) is 24.2. The van der Waals surface area contributed by atoms with Gasteiger partial charge in [0.2, 0.25) is 15.9 Å². The van der Waals surface area contributed by atoms with Crippen LogP contribution in [0.25, 0.3) is 11.1 Å². The maximum Gasteiger partial charge on any atom is 0.573 e. The Morgan fingerprint density at radius 3 is 2.33 bits per heavy atom. The summed E-state index contributed by atoms with van der Waals surface area (Å²) < 4.78 is 80.7. The van der Waals surface area contributed by atoms with Gasteiger partial charge in [-0.3, -0.25) is 0 Å². The molecule has 176 valence electrons. The van der Waals surface area contributed by atoms with E-state index in [1.54, 1.807) is 43.5 Å². The second kappa shape index (κ2) is 9.67. The van der Waals surface area contributed by atoms with Crippen molar-refractivity contribution in [1.82, 2.24) is 9.71 Å². The van der Waals surface area contributed by atoms with Gasteiger partial charge in [0.25, 0.3) is 0 Å². The summed E-state index contributed by atoms with van der Waals surface area (Å²) in [4.78, 5) is 3.53. The fourth-order valence-electron chi connectivity index (χ4n) is 3.20. The van der Waals surface area contributed by atoms with Crippen LogP contribution < -0.4 is 18.9 Å². The predicted molar refractivity (Wildman–Crippen MR) is 115 cm³/mol. The number of para-hydroxylation sites is 1. The molecule has 1 aromatic heterocycles. The standard InChI is InChI=1S/C22H21F3N2O5S/c1-14(27-33(28,29)20-9-5-4-8-18(20)32-22(23,24)25)15-10-11-16(19(13-15)30-2)17-7-6-12-26-21(17)31-3/h4-14,27H,1-3H3/t14-/m1/s1. The van der Waals surface area contributed by atoms with Gasteiger partial charge in [-0.1, -0.05) is 24.3 Å². The number of nitrogens with zero attached hydrogens (tertiary/aromatic N) is 1. The normalized spacial score (nSPS) is 12.8. The number of alkyl halides is 3. The van der Waals surface area contributed by atoms with Crippen molar-refractivity contribution in [2.45, 2.75) is 24.2 Å². The highest BCUT2D eigenvalue weighted by atomic mass is 32.2. The van der Waals surface area contributed by atoms with Gasteiger partial charge in [-0.05, 0) is 42.8 Å². The van der Waals surface area contributed by atoms with Gasteiger partial charge in [-0.15, -0.1) is 13.2 Å². The molecule has 1 heterocycles. The molecule has 2 aromatic carbocycles. The number of pyridine rings is 1. The molecule has 0 aliphatic rings. The van der Waals surface area contributed by atoms with Crippen LogP contribution in [-0.2, 0) is 10.0 Å². The molecule has 1 N–H and O–H groups in total. The van der Waals surface area contributed by atoms with Crippen LogP contribution >= 0.6 is 0 Å². The Kier molecular flexibility index (Phi) is 7.13. The number of hydrogen-bond acceptors (Lipinski definition) is 6. The average Bonchev–Trinajstić information content (AvgIpc) is 2.77. The largest absolute Gasteiger partial charge is 0.573 e. The van der Waals surface area contributed by atoms with Crippen molar-refractivity contribution in [2.75, 3.05) is 14.2 Å². The van der Waals surface area contributed by atoms with Crippen LogP contribution in [0.1, 0.15) is 18.5 Å². The van der Waals surface area contributed by atoms with Gasteiger partial charge in [0.05, 0.1) is 14.2 Å². The monoisotopic (exact) mass is 482 g/mol. The van der Waals surface area contributed by atoms with Gasteiger partial charge in [-0.25, -0.2) is 18.1 Å². The number of methoxy groups -OCH3 is 2. The molecule has 11 heteroatoms. The van der Waals surface area contributed by atoms with E-state index in [1.807, 2.05) is 0 Å². The van der Waals surface area contributed by atoms with Gasteiger partial charge in [0.15, 0.2) is 0 Å². The molecule has 0 aliphatic carbocycles. The minimum Gasteiger partial charge on any atom is -0.496 e. The van der Waals surface area contributed by atoms with Crippen LogP contribution in [0.3, 0.4) is 0 Å². The minimum atomic E-state index is -5.03. The Morgan fingerprint density at radius 2 is 1.67 bits per heavy atom. The smallest absolute Gasteiger partial charge is 0.496 e. The first-order chi connectivity index (χ1) is 15.6. The van der Waals surface area contributed by atoms with Crippen LogP contribution in [-0.4, -0.2) is 34.0 Å². The molecular weight excluding hydrogens is 461 g/mol. The summed E-state index contributed by atoms with van der Waals surface area (Å²) in [7, 11) is -1.40. The summed E-state index contributed by atoms with van der Waals surface area (Å²) in [6, 6.07) is 12.3. The van der Waals surface area contributed by atoms with E-state index in [9.17, 15) is 21.6 Å². The second-order valence-electron chi connectivity index (χ2n) is 6.86. The molecule has 0 radical (unpaired) electrons. The number of nitrogens with one attached hydrogen (secondary N) is 1. The van der Waals surface area contributed by atoms with Gasteiger partial charge in [0, 0.05) is 23.4 Å². The quantitative estimate of drug-likeness (QED) is 0.501. The lowest BCUT2D eigenvalue weighted by Crippen LogP contribution is -2.28. The fraction of sp³-hybridized carbons (Fsp3) is 0.227. The molecule has 33 heavy (non-hydrogen) atoms. The zero-order valence-corrected chi connectivity index (χ0v) is 18.7. The number of sulfonamides is 1. The molecule has 3 rings (SSSR count). The highest BCUT2D eigenvalue weighted by Gasteiger charge is 2.34. The van der Waals surface area contributed by atoms with Crippen molar-refractivity contribution in [3.63, 3.8) is 0 Å². The van der Waals surface area contributed by atoms with E-state index in [-0.39, 0.29) is 0 Å². The molecule has 0 aliphatic heterocycles. The van der Waals surface area contributed by atoms with E-state index in [1.165, 1.54) is 26.4 Å². The van der Waals surface area contributed by atoms with Crippen molar-refractivity contribution in [1.29, 1.82) is 0 Å². The molecule has 0 fully saturated rings. The molecular formula is C22H21F3N2O5S. The average molecular weight is 482 g/mol. The first kappa shape index (κ1) is 24.3. The summed E-state index contributed by atoms with van der Waals surface area (Å²) in [6.45, 7) is 1.56. The van der Waals surface area contributed by atoms with E-state index in [0.29, 0.717) is 28.3 Å². The summed E-state index contributed by atoms with van der Waals surface area (Å²) >= 11 is 0. The van der Waals surface area contributed by atoms with Gasteiger partial charge >= 0.3 is 6.36 Å². The molecule has 0 saturated carbocycles. The zero-order valence-electron chi connectivity index (χ0n) is 17.9. The third kappa shape index (κ3) is 5.74. The first-order valence-corrected chi connectivity index (χ1v) is 11.1. The number of rotatable bonds is 8. The summed E-state index contributed by atoms with van der Waals surface area (Å²) in [5, 5.41) is 0. The van der Waals surface area contributed by atoms with Crippen molar-refractivity contribution in [3.05, 3.63) is 66.4 Å². The van der Waals surface area contributed by atoms with E-state index >= 15 is 0 Å². The Bertz CT molecular complexity index is 1230. The summed E-state index contributed by atoms with van der Waals surface area (Å²) in [6.07, 6.45) is -3.45. The number of halogens is 3. The SMILES string of the molecule is COc1cc([C@@H](C)NS(=O)(=O)c2ccccc2OC(F)(F)F)ccc1-c1cccnc1OC. The van der Waals surface area contributed by atoms with Gasteiger partial charge in [-0.2, -0.15) is 0 Å². The number of ether oxygens (including phenoxy) is 3. The molecule has 0 amide bonds. The molecule has 0 unspecified atom stereocenters. The van der Waals surface area contributed by atoms with Crippen molar-refractivity contribution in [2.24, 2.45) is 0 Å². The lowest BCUT2D eigenvalue weighted by atomic mass is 10.0. The van der Waals surface area contributed by atoms with Crippen LogP contribution in [0.15, 0.2) is 65.7 Å². The van der Waals surface area contributed by atoms with Crippen molar-refractivity contribution in [3.8, 4) is 28.5 Å². The minimum absolute atomic E-state index is 0.388. The van der Waals surface area contributed by atoms with Gasteiger partial charge < -0.3 is 14.2 Å². The Morgan fingerprint density at radius 1 is 0.939 bits per heavy atom. The maximum absolute atomic E-state index is 12.8. The van der Waals surface area contributed by atoms with Crippen molar-refractivity contribution < 1.29 is 35.8 Å². The van der Waals surface area contributed by atoms with Crippen LogP contribution in [0.2, 0.25) is 0 Å². The lowest BCUT2D eigenvalue weighted by Gasteiger charge is -2.19. The number of hydrogen-bond donors (Lipinski definition) is 1. The maximum atomic E-state index is 12.8. The van der Waals surface area contributed by atoms with E-state index < -0.39 is 33.1 Å². The third-order valence-electron chi connectivity index (χ3n) is 4.68. The second-order valence-corrected chi connectivity index (χ2v) is 8.54. The summed E-state index contributed by atoms with van der Waals surface area (Å²) in [5.41, 5.74) is 1.87. The van der Waals surface area contributed by atoms with Crippen LogP contribution in [0.5, 0.6) is 17.4 Å². The summed E-state index contributed by atoms with van der Waals surface area (Å²) in [5.74, 6) is 0.00512. The van der Waals surface area contributed by atoms with E-state index in [0.717, 1.165) is 12.1 Å². The molecule has 7 nitrogen and oxygen atoms in total. The molecule has 3 aromatic rings. The van der Waals surface area contributed by atoms with Gasteiger partial charge in [0.1, 0.15) is 16.4 Å². The van der Waals surface area contributed by atoms with E-state index in [2.05, 4.69) is 14.4 Å². The molecule has 0 bridgehead atoms. The van der Waals surface area contributed by atoms with Crippen LogP contribution in [0, 0.1) is 0 Å². The molecule has 0 spiro atoms. The first-order valence-electron chi connectivity index (χ1n) is 9.60. The topological polar surface area (TPSA) is 86.8 Å². The Labute approximate surface area is 189 Å². The highest BCUT2D eigenvalue weighted by molar-refractivity contribution is 7.89. The Hall–Kier alpha value is -3.31. The Balaban J connectivity index is 1.91. The third-order valence-corrected chi connectivity index (χ3v) is 6.26. The molecule has 1 atom stereocenters. The number of benzene rings is 2. The van der Waals surface area contributed by atoms with Crippen LogP contribution in [0.4, 0.5) is 13.2 Å². The molecule has 0 saturated heterocycles. The predicted octanol–water partition coefficient (Wildman–Crippen LogP) is 4.70. The number of aromatic nitrogens is 1.